The maximum absolute atomic E-state index is 11.5. The highest BCUT2D eigenvalue weighted by atomic mass is 79.9. The molecule has 0 bridgehead atoms. The molecule has 0 aliphatic heterocycles. The minimum atomic E-state index is -0.370. The highest BCUT2D eigenvalue weighted by Crippen LogP contribution is 2.16. The van der Waals surface area contributed by atoms with E-state index in [1.807, 2.05) is 31.2 Å². The van der Waals surface area contributed by atoms with Gasteiger partial charge in [-0.15, -0.1) is 0 Å². The van der Waals surface area contributed by atoms with Crippen LogP contribution in [0.3, 0.4) is 0 Å². The molecule has 0 fully saturated rings. The first-order chi connectivity index (χ1) is 9.63. The predicted molar refractivity (Wildman–Crippen MR) is 79.3 cm³/mol. The van der Waals surface area contributed by atoms with Crippen molar-refractivity contribution < 1.29 is 19.1 Å². The van der Waals surface area contributed by atoms with E-state index in [9.17, 15) is 9.59 Å². The van der Waals surface area contributed by atoms with Crippen molar-refractivity contribution in [3.05, 3.63) is 34.3 Å². The van der Waals surface area contributed by atoms with Gasteiger partial charge in [0.25, 0.3) is 0 Å². The van der Waals surface area contributed by atoms with E-state index in [1.165, 1.54) is 0 Å². The highest BCUT2D eigenvalue weighted by Gasteiger charge is 2.09. The summed E-state index contributed by atoms with van der Waals surface area (Å²) in [5.74, 6) is -0.722. The SMILES string of the molecule is CCCOC(=O)CCC(=O)OCCc1ccccc1Br. The molecule has 0 aliphatic carbocycles. The molecule has 0 heterocycles. The maximum Gasteiger partial charge on any atom is 0.306 e. The summed E-state index contributed by atoms with van der Waals surface area (Å²) in [5.41, 5.74) is 1.09. The van der Waals surface area contributed by atoms with Gasteiger partial charge in [0, 0.05) is 10.9 Å². The molecular weight excluding hydrogens is 324 g/mol. The van der Waals surface area contributed by atoms with Crippen LogP contribution in [-0.2, 0) is 25.5 Å². The number of halogens is 1. The van der Waals surface area contributed by atoms with Crippen LogP contribution in [0.25, 0.3) is 0 Å². The molecule has 1 rings (SSSR count). The van der Waals surface area contributed by atoms with Gasteiger partial charge in [-0.05, 0) is 18.1 Å². The minimum absolute atomic E-state index is 0.0680. The van der Waals surface area contributed by atoms with Crippen LogP contribution in [0.1, 0.15) is 31.7 Å². The van der Waals surface area contributed by atoms with Crippen LogP contribution in [0.15, 0.2) is 28.7 Å². The molecule has 0 spiro atoms. The summed E-state index contributed by atoms with van der Waals surface area (Å²) in [6, 6.07) is 7.79. The third-order valence-corrected chi connectivity index (χ3v) is 3.37. The third-order valence-electron chi connectivity index (χ3n) is 2.59. The minimum Gasteiger partial charge on any atom is -0.466 e. The predicted octanol–water partition coefficient (Wildman–Crippen LogP) is 3.27. The largest absolute Gasteiger partial charge is 0.466 e. The number of rotatable bonds is 8. The Kier molecular flexibility index (Phi) is 7.95. The van der Waals surface area contributed by atoms with Crippen molar-refractivity contribution in [2.75, 3.05) is 13.2 Å². The maximum atomic E-state index is 11.5. The molecular formula is C15H19BrO4. The summed E-state index contributed by atoms with van der Waals surface area (Å²) < 4.78 is 11.0. The van der Waals surface area contributed by atoms with E-state index in [0.29, 0.717) is 19.6 Å². The average Bonchev–Trinajstić information content (AvgIpc) is 2.45. The number of esters is 2. The number of hydrogen-bond donors (Lipinski definition) is 0. The van der Waals surface area contributed by atoms with Gasteiger partial charge in [0.1, 0.15) is 0 Å². The van der Waals surface area contributed by atoms with Crippen LogP contribution < -0.4 is 0 Å². The Hall–Kier alpha value is -1.36. The van der Waals surface area contributed by atoms with Crippen molar-refractivity contribution in [1.82, 2.24) is 0 Å². The fourth-order valence-electron chi connectivity index (χ4n) is 1.54. The van der Waals surface area contributed by atoms with Crippen molar-refractivity contribution in [1.29, 1.82) is 0 Å². The summed E-state index contributed by atoms with van der Waals surface area (Å²) in [5, 5.41) is 0. The molecule has 0 unspecified atom stereocenters. The van der Waals surface area contributed by atoms with Crippen molar-refractivity contribution >= 4 is 27.9 Å². The van der Waals surface area contributed by atoms with Gasteiger partial charge in [0.05, 0.1) is 26.1 Å². The molecule has 0 atom stereocenters. The first-order valence-electron chi connectivity index (χ1n) is 6.68. The Labute approximate surface area is 127 Å². The van der Waals surface area contributed by atoms with Gasteiger partial charge < -0.3 is 9.47 Å². The summed E-state index contributed by atoms with van der Waals surface area (Å²) in [4.78, 5) is 22.7. The second-order valence-corrected chi connectivity index (χ2v) is 5.14. The van der Waals surface area contributed by atoms with E-state index in [1.54, 1.807) is 0 Å². The lowest BCUT2D eigenvalue weighted by Gasteiger charge is -2.06. The molecule has 5 heteroatoms. The summed E-state index contributed by atoms with van der Waals surface area (Å²) >= 11 is 3.44. The van der Waals surface area contributed by atoms with E-state index in [0.717, 1.165) is 16.5 Å². The van der Waals surface area contributed by atoms with Crippen molar-refractivity contribution in [3.63, 3.8) is 0 Å². The fraction of sp³-hybridized carbons (Fsp3) is 0.467. The second-order valence-electron chi connectivity index (χ2n) is 4.28. The van der Waals surface area contributed by atoms with Gasteiger partial charge in [-0.1, -0.05) is 41.1 Å². The molecule has 0 aliphatic rings. The Morgan fingerprint density at radius 3 is 2.25 bits per heavy atom. The normalized spacial score (nSPS) is 10.1. The number of hydrogen-bond acceptors (Lipinski definition) is 4. The van der Waals surface area contributed by atoms with E-state index >= 15 is 0 Å². The lowest BCUT2D eigenvalue weighted by molar-refractivity contribution is -0.150. The molecule has 0 aromatic heterocycles. The number of carbonyl (C=O) groups is 2. The number of benzene rings is 1. The van der Waals surface area contributed by atoms with E-state index in [-0.39, 0.29) is 24.8 Å². The average molecular weight is 343 g/mol. The Balaban J connectivity index is 2.17. The lowest BCUT2D eigenvalue weighted by atomic mass is 10.2. The Morgan fingerprint density at radius 1 is 1.05 bits per heavy atom. The van der Waals surface area contributed by atoms with Crippen LogP contribution in [0.2, 0.25) is 0 Å². The molecule has 4 nitrogen and oxygen atoms in total. The van der Waals surface area contributed by atoms with Crippen molar-refractivity contribution in [3.8, 4) is 0 Å². The first-order valence-corrected chi connectivity index (χ1v) is 7.47. The zero-order valence-corrected chi connectivity index (χ0v) is 13.1. The monoisotopic (exact) mass is 342 g/mol. The van der Waals surface area contributed by atoms with Crippen molar-refractivity contribution in [2.24, 2.45) is 0 Å². The Morgan fingerprint density at radius 2 is 1.65 bits per heavy atom. The smallest absolute Gasteiger partial charge is 0.306 e. The summed E-state index contributed by atoms with van der Waals surface area (Å²) in [6.45, 7) is 2.63. The van der Waals surface area contributed by atoms with E-state index in [2.05, 4.69) is 15.9 Å². The first kappa shape index (κ1) is 16.7. The molecule has 0 saturated heterocycles. The molecule has 0 radical (unpaired) electrons. The van der Waals surface area contributed by atoms with Crippen LogP contribution in [0.5, 0.6) is 0 Å². The van der Waals surface area contributed by atoms with Gasteiger partial charge in [-0.2, -0.15) is 0 Å². The fourth-order valence-corrected chi connectivity index (χ4v) is 2.02. The number of carbonyl (C=O) groups excluding carboxylic acids is 2. The standard InChI is InChI=1S/C15H19BrO4/c1-2-10-19-14(17)7-8-15(18)20-11-9-12-5-3-4-6-13(12)16/h3-6H,2,7-11H2,1H3. The molecule has 110 valence electrons. The molecule has 0 N–H and O–H groups in total. The Bertz CT molecular complexity index is 445. The van der Waals surface area contributed by atoms with Gasteiger partial charge in [-0.25, -0.2) is 0 Å². The molecule has 1 aromatic rings. The van der Waals surface area contributed by atoms with Gasteiger partial charge in [-0.3, -0.25) is 9.59 Å². The van der Waals surface area contributed by atoms with Gasteiger partial charge in [0.2, 0.25) is 0 Å². The highest BCUT2D eigenvalue weighted by molar-refractivity contribution is 9.10. The van der Waals surface area contributed by atoms with Gasteiger partial charge >= 0.3 is 11.9 Å². The molecule has 0 saturated carbocycles. The quantitative estimate of drug-likeness (QED) is 0.680. The zero-order chi connectivity index (χ0) is 14.8. The van der Waals surface area contributed by atoms with Gasteiger partial charge in [0.15, 0.2) is 0 Å². The second kappa shape index (κ2) is 9.53. The van der Waals surface area contributed by atoms with Crippen LogP contribution >= 0.6 is 15.9 Å². The van der Waals surface area contributed by atoms with Crippen LogP contribution in [-0.4, -0.2) is 25.2 Å². The topological polar surface area (TPSA) is 52.6 Å². The lowest BCUT2D eigenvalue weighted by Crippen LogP contribution is -2.12. The van der Waals surface area contributed by atoms with Crippen LogP contribution in [0, 0.1) is 0 Å². The third kappa shape index (κ3) is 6.70. The summed E-state index contributed by atoms with van der Waals surface area (Å²) in [6.07, 6.45) is 1.57. The molecule has 0 amide bonds. The zero-order valence-electron chi connectivity index (χ0n) is 11.6. The summed E-state index contributed by atoms with van der Waals surface area (Å²) in [7, 11) is 0. The van der Waals surface area contributed by atoms with E-state index in [4.69, 9.17) is 9.47 Å². The molecule has 1 aromatic carbocycles. The van der Waals surface area contributed by atoms with Crippen molar-refractivity contribution in [2.45, 2.75) is 32.6 Å². The van der Waals surface area contributed by atoms with E-state index < -0.39 is 0 Å². The van der Waals surface area contributed by atoms with Crippen LogP contribution in [0.4, 0.5) is 0 Å². The number of ether oxygens (including phenoxy) is 2. The molecule has 20 heavy (non-hydrogen) atoms.